The summed E-state index contributed by atoms with van der Waals surface area (Å²) in [6, 6.07) is 19.2. The Bertz CT molecular complexity index is 913. The Kier molecular flexibility index (Phi) is 10.4. The molecule has 0 bridgehead atoms. The number of hydrogen-bond acceptors (Lipinski definition) is 0. The average Bonchev–Trinajstić information content (AvgIpc) is 2.97. The minimum atomic E-state index is 0.914. The predicted molar refractivity (Wildman–Crippen MR) is 165 cm³/mol. The second-order valence-electron chi connectivity index (χ2n) is 13.9. The van der Waals surface area contributed by atoms with Crippen LogP contribution in [0.2, 0.25) is 0 Å². The van der Waals surface area contributed by atoms with Gasteiger partial charge < -0.3 is 0 Å². The first kappa shape index (κ1) is 28.0. The first-order valence-corrected chi connectivity index (χ1v) is 16.8. The van der Waals surface area contributed by atoms with Gasteiger partial charge in [-0.15, -0.1) is 0 Å². The molecule has 0 spiro atoms. The minimum Gasteiger partial charge on any atom is -0.0651 e. The van der Waals surface area contributed by atoms with E-state index in [2.05, 4.69) is 62.4 Å². The lowest BCUT2D eigenvalue weighted by Crippen LogP contribution is -2.21. The molecule has 0 aliphatic heterocycles. The van der Waals surface area contributed by atoms with Crippen LogP contribution in [0.1, 0.15) is 132 Å². The molecule has 208 valence electrons. The van der Waals surface area contributed by atoms with E-state index in [-0.39, 0.29) is 0 Å². The predicted octanol–water partition coefficient (Wildman–Crippen LogP) is 11.0. The van der Waals surface area contributed by atoms with Crippen molar-refractivity contribution < 1.29 is 0 Å². The van der Waals surface area contributed by atoms with E-state index < -0.39 is 0 Å². The van der Waals surface area contributed by atoms with Crippen LogP contribution in [-0.2, 0) is 19.3 Å². The Hall–Kier alpha value is -1.56. The standard InChI is InChI=1S/C38H56/c1-3-29-5-9-31(10-6-29)25-33-13-17-35(18-14-33)27-37-21-23-38(24-22-37)28-36-19-15-34(16-20-36)26-32-11-7-30(4-2)8-12-32/h13-14,17-18,21-24,29-32,34,36H,3-12,15-16,19-20,25-28H2,1-2H3. The average molecular weight is 513 g/mol. The highest BCUT2D eigenvalue weighted by Gasteiger charge is 2.26. The van der Waals surface area contributed by atoms with Crippen molar-refractivity contribution in [2.75, 3.05) is 0 Å². The zero-order valence-corrected chi connectivity index (χ0v) is 24.8. The van der Waals surface area contributed by atoms with Gasteiger partial charge in [-0.05, 0) is 109 Å². The maximum absolute atomic E-state index is 2.43. The van der Waals surface area contributed by atoms with Crippen LogP contribution in [0.15, 0.2) is 48.5 Å². The molecule has 2 aromatic rings. The van der Waals surface area contributed by atoms with E-state index in [0.717, 1.165) is 41.9 Å². The summed E-state index contributed by atoms with van der Waals surface area (Å²) in [4.78, 5) is 0. The molecule has 2 aromatic carbocycles. The van der Waals surface area contributed by atoms with E-state index in [0.29, 0.717) is 0 Å². The van der Waals surface area contributed by atoms with E-state index in [1.807, 2.05) is 0 Å². The van der Waals surface area contributed by atoms with Crippen molar-refractivity contribution in [1.29, 1.82) is 0 Å². The zero-order chi connectivity index (χ0) is 26.2. The minimum absolute atomic E-state index is 0.914. The van der Waals surface area contributed by atoms with Crippen molar-refractivity contribution in [1.82, 2.24) is 0 Å². The summed E-state index contributed by atoms with van der Waals surface area (Å²) in [5.74, 6) is 5.95. The van der Waals surface area contributed by atoms with Crippen LogP contribution in [-0.4, -0.2) is 0 Å². The van der Waals surface area contributed by atoms with Gasteiger partial charge in [0.2, 0.25) is 0 Å². The second kappa shape index (κ2) is 14.2. The van der Waals surface area contributed by atoms with Crippen molar-refractivity contribution in [3.8, 4) is 0 Å². The van der Waals surface area contributed by atoms with Crippen molar-refractivity contribution in [2.24, 2.45) is 35.5 Å². The van der Waals surface area contributed by atoms with Gasteiger partial charge in [-0.1, -0.05) is 127 Å². The summed E-state index contributed by atoms with van der Waals surface area (Å²) in [5, 5.41) is 0. The third-order valence-corrected chi connectivity index (χ3v) is 11.2. The molecule has 3 fully saturated rings. The molecule has 0 radical (unpaired) electrons. The summed E-state index contributed by atoms with van der Waals surface area (Å²) in [5.41, 5.74) is 6.02. The molecular weight excluding hydrogens is 456 g/mol. The highest BCUT2D eigenvalue weighted by Crippen LogP contribution is 2.39. The van der Waals surface area contributed by atoms with Gasteiger partial charge in [-0.2, -0.15) is 0 Å². The molecule has 0 unspecified atom stereocenters. The molecule has 3 saturated carbocycles. The number of hydrogen-bond donors (Lipinski definition) is 0. The molecule has 0 heteroatoms. The van der Waals surface area contributed by atoms with Gasteiger partial charge >= 0.3 is 0 Å². The molecule has 0 heterocycles. The largest absolute Gasteiger partial charge is 0.0651 e. The van der Waals surface area contributed by atoms with E-state index >= 15 is 0 Å². The Morgan fingerprint density at radius 2 is 0.684 bits per heavy atom. The summed E-state index contributed by atoms with van der Waals surface area (Å²) < 4.78 is 0. The summed E-state index contributed by atoms with van der Waals surface area (Å²) in [6.07, 6.45) is 25.7. The van der Waals surface area contributed by atoms with Crippen LogP contribution >= 0.6 is 0 Å². The highest BCUT2D eigenvalue weighted by atomic mass is 14.3. The monoisotopic (exact) mass is 512 g/mol. The van der Waals surface area contributed by atoms with Crippen molar-refractivity contribution in [2.45, 2.75) is 129 Å². The lowest BCUT2D eigenvalue weighted by molar-refractivity contribution is 0.189. The topological polar surface area (TPSA) is 0 Å². The lowest BCUT2D eigenvalue weighted by atomic mass is 9.72. The van der Waals surface area contributed by atoms with Crippen molar-refractivity contribution in [3.05, 3.63) is 70.8 Å². The molecule has 0 nitrogen and oxygen atoms in total. The molecule has 0 amide bonds. The van der Waals surface area contributed by atoms with Gasteiger partial charge in [-0.3, -0.25) is 0 Å². The molecule has 3 aliphatic rings. The Balaban J connectivity index is 1.01. The SMILES string of the molecule is CCC1CCC(Cc2ccc(Cc3ccc(CC4CCC(CC5CCC(CC)CC5)CC4)cc3)cc2)CC1. The van der Waals surface area contributed by atoms with Gasteiger partial charge in [0.25, 0.3) is 0 Å². The first-order valence-electron chi connectivity index (χ1n) is 16.8. The zero-order valence-electron chi connectivity index (χ0n) is 24.8. The third kappa shape index (κ3) is 8.22. The van der Waals surface area contributed by atoms with Crippen LogP contribution in [0.25, 0.3) is 0 Å². The van der Waals surface area contributed by atoms with Crippen LogP contribution in [0, 0.1) is 35.5 Å². The van der Waals surface area contributed by atoms with Crippen LogP contribution in [0.3, 0.4) is 0 Å². The van der Waals surface area contributed by atoms with Crippen LogP contribution in [0.4, 0.5) is 0 Å². The fourth-order valence-corrected chi connectivity index (χ4v) is 8.35. The molecule has 5 rings (SSSR count). The maximum atomic E-state index is 2.43. The molecule has 0 aromatic heterocycles. The van der Waals surface area contributed by atoms with E-state index in [1.54, 1.807) is 17.5 Å². The second-order valence-corrected chi connectivity index (χ2v) is 13.9. The van der Waals surface area contributed by atoms with Crippen molar-refractivity contribution in [3.63, 3.8) is 0 Å². The molecule has 3 aliphatic carbocycles. The fourth-order valence-electron chi connectivity index (χ4n) is 8.35. The van der Waals surface area contributed by atoms with Gasteiger partial charge in [-0.25, -0.2) is 0 Å². The lowest BCUT2D eigenvalue weighted by Gasteiger charge is -2.34. The molecular formula is C38H56. The van der Waals surface area contributed by atoms with Gasteiger partial charge in [0, 0.05) is 0 Å². The van der Waals surface area contributed by atoms with Gasteiger partial charge in [0.15, 0.2) is 0 Å². The summed E-state index contributed by atoms with van der Waals surface area (Å²) in [7, 11) is 0. The Labute approximate surface area is 235 Å². The van der Waals surface area contributed by atoms with E-state index in [1.165, 1.54) is 114 Å². The quantitative estimate of drug-likeness (QED) is 0.297. The first-order chi connectivity index (χ1) is 18.7. The maximum Gasteiger partial charge on any atom is -0.00258 e. The molecule has 0 atom stereocenters. The highest BCUT2D eigenvalue weighted by molar-refractivity contribution is 5.31. The van der Waals surface area contributed by atoms with E-state index in [4.69, 9.17) is 0 Å². The molecule has 0 saturated heterocycles. The molecule has 38 heavy (non-hydrogen) atoms. The van der Waals surface area contributed by atoms with Crippen molar-refractivity contribution >= 4 is 0 Å². The van der Waals surface area contributed by atoms with Gasteiger partial charge in [0.05, 0.1) is 0 Å². The normalized spacial score (nSPS) is 30.3. The molecule has 0 N–H and O–H groups in total. The van der Waals surface area contributed by atoms with Crippen LogP contribution in [0.5, 0.6) is 0 Å². The number of rotatable bonds is 10. The Morgan fingerprint density at radius 1 is 0.395 bits per heavy atom. The Morgan fingerprint density at radius 3 is 1.03 bits per heavy atom. The smallest absolute Gasteiger partial charge is 0.00258 e. The summed E-state index contributed by atoms with van der Waals surface area (Å²) in [6.45, 7) is 4.75. The van der Waals surface area contributed by atoms with Crippen LogP contribution < -0.4 is 0 Å². The summed E-state index contributed by atoms with van der Waals surface area (Å²) >= 11 is 0. The number of benzene rings is 2. The van der Waals surface area contributed by atoms with E-state index in [9.17, 15) is 0 Å². The fraction of sp³-hybridized carbons (Fsp3) is 0.684. The third-order valence-electron chi connectivity index (χ3n) is 11.2. The van der Waals surface area contributed by atoms with Gasteiger partial charge in [0.1, 0.15) is 0 Å².